The van der Waals surface area contributed by atoms with Gasteiger partial charge in [-0.2, -0.15) is 0 Å². The van der Waals surface area contributed by atoms with E-state index in [1.165, 1.54) is 35.9 Å². The number of amides is 1. The molecule has 2 heterocycles. The lowest BCUT2D eigenvalue weighted by Crippen LogP contribution is -2.22. The Bertz CT molecular complexity index is 1340. The first kappa shape index (κ1) is 20.3. The number of furan rings is 1. The van der Waals surface area contributed by atoms with Gasteiger partial charge >= 0.3 is 0 Å². The van der Waals surface area contributed by atoms with Crippen molar-refractivity contribution in [2.45, 2.75) is 13.5 Å². The molecule has 0 aliphatic rings. The molecule has 0 spiro atoms. The second-order valence-electron chi connectivity index (χ2n) is 6.95. The second-order valence-corrected chi connectivity index (χ2v) is 6.95. The van der Waals surface area contributed by atoms with E-state index in [1.807, 2.05) is 0 Å². The Labute approximate surface area is 175 Å². The van der Waals surface area contributed by atoms with Gasteiger partial charge in [0.25, 0.3) is 11.5 Å². The van der Waals surface area contributed by atoms with Crippen LogP contribution in [0.2, 0.25) is 0 Å². The Morgan fingerprint density at radius 3 is 2.55 bits per heavy atom. The van der Waals surface area contributed by atoms with Crippen molar-refractivity contribution in [1.82, 2.24) is 4.57 Å². The van der Waals surface area contributed by atoms with E-state index in [1.54, 1.807) is 31.3 Å². The fourth-order valence-electron chi connectivity index (χ4n) is 3.39. The lowest BCUT2D eigenvalue weighted by atomic mass is 10.1. The average Bonchev–Trinajstić information content (AvgIpc) is 3.08. The largest absolute Gasteiger partial charge is 0.494 e. The van der Waals surface area contributed by atoms with E-state index in [0.717, 1.165) is 11.6 Å². The number of pyridine rings is 1. The minimum Gasteiger partial charge on any atom is -0.494 e. The second kappa shape index (κ2) is 8.06. The number of aromatic nitrogens is 1. The molecule has 4 rings (SSSR count). The Hall–Kier alpha value is -3.94. The van der Waals surface area contributed by atoms with E-state index >= 15 is 0 Å². The lowest BCUT2D eigenvalue weighted by molar-refractivity contribution is 0.102. The molecule has 8 heteroatoms. The number of hydrogen-bond acceptors (Lipinski definition) is 4. The molecule has 6 nitrogen and oxygen atoms in total. The predicted octanol–water partition coefficient (Wildman–Crippen LogP) is 4.49. The Morgan fingerprint density at radius 1 is 1.13 bits per heavy atom. The van der Waals surface area contributed by atoms with E-state index in [-0.39, 0.29) is 46.1 Å². The average molecular weight is 424 g/mol. The maximum Gasteiger partial charge on any atom is 0.262 e. The van der Waals surface area contributed by atoms with Gasteiger partial charge in [0.2, 0.25) is 0 Å². The van der Waals surface area contributed by atoms with E-state index in [9.17, 15) is 18.4 Å². The topological polar surface area (TPSA) is 73.5 Å². The summed E-state index contributed by atoms with van der Waals surface area (Å²) in [6.07, 6.45) is 1.55. The summed E-state index contributed by atoms with van der Waals surface area (Å²) in [5.74, 6) is -1.29. The van der Waals surface area contributed by atoms with E-state index in [0.29, 0.717) is 0 Å². The number of ether oxygens (including phenoxy) is 1. The fraction of sp³-hybridized carbons (Fsp3) is 0.130. The number of nitrogens with zero attached hydrogens (tertiary/aromatic N) is 1. The first-order chi connectivity index (χ1) is 14.9. The first-order valence-electron chi connectivity index (χ1n) is 9.39. The number of carbonyl (C=O) groups excluding carboxylic acids is 1. The molecule has 0 unspecified atom stereocenters. The van der Waals surface area contributed by atoms with Crippen molar-refractivity contribution in [3.05, 3.63) is 93.6 Å². The molecule has 0 fully saturated rings. The van der Waals surface area contributed by atoms with Gasteiger partial charge in [-0.1, -0.05) is 12.1 Å². The molecule has 0 atom stereocenters. The molecule has 0 aliphatic carbocycles. The molecule has 0 aliphatic heterocycles. The molecule has 2 aromatic carbocycles. The van der Waals surface area contributed by atoms with Crippen molar-refractivity contribution in [2.75, 3.05) is 12.4 Å². The summed E-state index contributed by atoms with van der Waals surface area (Å²) in [6, 6.07) is 11.4. The molecule has 158 valence electrons. The van der Waals surface area contributed by atoms with Crippen LogP contribution in [0.15, 0.2) is 63.9 Å². The fourth-order valence-corrected chi connectivity index (χ4v) is 3.39. The summed E-state index contributed by atoms with van der Waals surface area (Å²) < 4.78 is 39.0. The third-order valence-electron chi connectivity index (χ3n) is 4.89. The van der Waals surface area contributed by atoms with Gasteiger partial charge in [0.05, 0.1) is 24.6 Å². The van der Waals surface area contributed by atoms with Gasteiger partial charge in [-0.25, -0.2) is 8.78 Å². The van der Waals surface area contributed by atoms with E-state index in [4.69, 9.17) is 9.15 Å². The first-order valence-corrected chi connectivity index (χ1v) is 9.39. The molecular weight excluding hydrogens is 406 g/mol. The monoisotopic (exact) mass is 424 g/mol. The van der Waals surface area contributed by atoms with Crippen LogP contribution in [0.3, 0.4) is 0 Å². The summed E-state index contributed by atoms with van der Waals surface area (Å²) >= 11 is 0. The molecule has 0 radical (unpaired) electrons. The Morgan fingerprint density at radius 2 is 1.87 bits per heavy atom. The standard InChI is InChI=1S/C23H18F2N2O4/c1-13-20(22(28)26-16-7-8-18(30-2)17(25)11-16)21-19(31-13)9-10-27(23(21)29)12-14-3-5-15(24)6-4-14/h3-11H,12H2,1-2H3,(H,26,28). The Kier molecular flexibility index (Phi) is 5.29. The number of aryl methyl sites for hydroxylation is 1. The highest BCUT2D eigenvalue weighted by atomic mass is 19.1. The number of halogens is 2. The minimum atomic E-state index is -0.629. The van der Waals surface area contributed by atoms with Crippen LogP contribution in [0.25, 0.3) is 11.0 Å². The van der Waals surface area contributed by atoms with Crippen LogP contribution in [0.4, 0.5) is 14.5 Å². The van der Waals surface area contributed by atoms with Gasteiger partial charge in [-0.05, 0) is 42.8 Å². The molecular formula is C23H18F2N2O4. The highest BCUT2D eigenvalue weighted by molar-refractivity contribution is 6.13. The zero-order valence-corrected chi connectivity index (χ0v) is 16.7. The van der Waals surface area contributed by atoms with Crippen LogP contribution in [-0.2, 0) is 6.54 Å². The van der Waals surface area contributed by atoms with E-state index < -0.39 is 17.3 Å². The number of carbonyl (C=O) groups is 1. The summed E-state index contributed by atoms with van der Waals surface area (Å²) in [5, 5.41) is 2.71. The molecule has 0 saturated carbocycles. The zero-order valence-electron chi connectivity index (χ0n) is 16.7. The van der Waals surface area contributed by atoms with Crippen molar-refractivity contribution in [2.24, 2.45) is 0 Å². The maximum absolute atomic E-state index is 14.0. The lowest BCUT2D eigenvalue weighted by Gasteiger charge is -2.08. The molecule has 2 aromatic heterocycles. The minimum absolute atomic E-state index is 0.0478. The maximum atomic E-state index is 14.0. The van der Waals surface area contributed by atoms with Gasteiger partial charge in [-0.15, -0.1) is 0 Å². The van der Waals surface area contributed by atoms with Gasteiger partial charge in [0, 0.05) is 18.0 Å². The molecule has 31 heavy (non-hydrogen) atoms. The van der Waals surface area contributed by atoms with Crippen molar-refractivity contribution < 1.29 is 22.7 Å². The van der Waals surface area contributed by atoms with Crippen LogP contribution in [-0.4, -0.2) is 17.6 Å². The highest BCUT2D eigenvalue weighted by Gasteiger charge is 2.22. The summed E-state index contributed by atoms with van der Waals surface area (Å²) in [5.41, 5.74) is 0.848. The SMILES string of the molecule is COc1ccc(NC(=O)c2c(C)oc3ccn(Cc4ccc(F)cc4)c(=O)c23)cc1F. The third-order valence-corrected chi connectivity index (χ3v) is 4.89. The number of hydrogen-bond donors (Lipinski definition) is 1. The van der Waals surface area contributed by atoms with Gasteiger partial charge in [0.15, 0.2) is 11.6 Å². The smallest absolute Gasteiger partial charge is 0.262 e. The predicted molar refractivity (Wildman–Crippen MR) is 112 cm³/mol. The van der Waals surface area contributed by atoms with Crippen LogP contribution < -0.4 is 15.6 Å². The molecule has 0 saturated heterocycles. The molecule has 0 bridgehead atoms. The van der Waals surface area contributed by atoms with E-state index in [2.05, 4.69) is 5.32 Å². The molecule has 4 aromatic rings. The van der Waals surface area contributed by atoms with Gasteiger partial charge in [-0.3, -0.25) is 9.59 Å². The van der Waals surface area contributed by atoms with Crippen LogP contribution in [0.1, 0.15) is 21.7 Å². The van der Waals surface area contributed by atoms with Crippen molar-refractivity contribution in [3.63, 3.8) is 0 Å². The quantitative estimate of drug-likeness (QED) is 0.512. The summed E-state index contributed by atoms with van der Waals surface area (Å²) in [4.78, 5) is 26.0. The number of rotatable bonds is 5. The molecule has 1 amide bonds. The van der Waals surface area contributed by atoms with Crippen LogP contribution in [0, 0.1) is 18.6 Å². The van der Waals surface area contributed by atoms with Crippen molar-refractivity contribution in [1.29, 1.82) is 0 Å². The zero-order chi connectivity index (χ0) is 22.1. The summed E-state index contributed by atoms with van der Waals surface area (Å²) in [6.45, 7) is 1.78. The van der Waals surface area contributed by atoms with Crippen molar-refractivity contribution in [3.8, 4) is 5.75 Å². The van der Waals surface area contributed by atoms with Crippen LogP contribution >= 0.6 is 0 Å². The molecule has 1 N–H and O–H groups in total. The summed E-state index contributed by atoms with van der Waals surface area (Å²) in [7, 11) is 1.34. The highest BCUT2D eigenvalue weighted by Crippen LogP contribution is 2.25. The number of methoxy groups -OCH3 is 1. The van der Waals surface area contributed by atoms with Crippen LogP contribution in [0.5, 0.6) is 5.75 Å². The number of fused-ring (bicyclic) bond motifs is 1. The Balaban J connectivity index is 1.71. The third kappa shape index (κ3) is 3.92. The van der Waals surface area contributed by atoms with Gasteiger partial charge < -0.3 is 19.0 Å². The number of nitrogens with one attached hydrogen (secondary N) is 1. The van der Waals surface area contributed by atoms with Crippen molar-refractivity contribution >= 4 is 22.6 Å². The normalized spacial score (nSPS) is 11.0. The number of benzene rings is 2. The van der Waals surface area contributed by atoms with Gasteiger partial charge in [0.1, 0.15) is 17.2 Å². The number of anilines is 1.